The minimum Gasteiger partial charge on any atom is -0.467 e. The van der Waals surface area contributed by atoms with Gasteiger partial charge in [-0.1, -0.05) is 5.16 Å². The van der Waals surface area contributed by atoms with Gasteiger partial charge in [-0.2, -0.15) is 19.9 Å². The lowest BCUT2D eigenvalue weighted by Crippen LogP contribution is -2.15. The molecule has 2 aromatic heterocycles. The molecule has 18 heavy (non-hydrogen) atoms. The number of rotatable bonds is 6. The van der Waals surface area contributed by atoms with Crippen LogP contribution in [0.2, 0.25) is 0 Å². The number of aromatic nitrogens is 5. The summed E-state index contributed by atoms with van der Waals surface area (Å²) in [7, 11) is 1.46. The Morgan fingerprint density at radius 3 is 2.83 bits per heavy atom. The van der Waals surface area contributed by atoms with E-state index < -0.39 is 0 Å². The number of hydrogen-bond donors (Lipinski definition) is 3. The van der Waals surface area contributed by atoms with E-state index in [0.717, 1.165) is 0 Å². The Morgan fingerprint density at radius 2 is 2.17 bits per heavy atom. The van der Waals surface area contributed by atoms with Gasteiger partial charge in [-0.25, -0.2) is 5.84 Å². The van der Waals surface area contributed by atoms with Crippen molar-refractivity contribution in [3.05, 3.63) is 12.2 Å². The molecule has 0 aliphatic rings. The first kappa shape index (κ1) is 12.0. The molecular formula is C8H12N8O2. The van der Waals surface area contributed by atoms with Crippen LogP contribution in [0.3, 0.4) is 0 Å². The maximum atomic E-state index is 5.23. The highest BCUT2D eigenvalue weighted by molar-refractivity contribution is 5.34. The smallest absolute Gasteiger partial charge is 0.322 e. The molecule has 0 aliphatic heterocycles. The molecule has 0 bridgehead atoms. The Bertz CT molecular complexity index is 466. The molecular weight excluding hydrogens is 240 g/mol. The molecule has 0 aromatic carbocycles. The molecule has 4 N–H and O–H groups in total. The van der Waals surface area contributed by atoms with Gasteiger partial charge in [-0.05, 0) is 0 Å². The predicted octanol–water partition coefficient (Wildman–Crippen LogP) is -0.797. The molecule has 96 valence electrons. The minimum absolute atomic E-state index is 0.165. The number of hydrazine groups is 1. The average Bonchev–Trinajstić information content (AvgIpc) is 2.91. The number of ether oxygens (including phenoxy) is 1. The van der Waals surface area contributed by atoms with Crippen molar-refractivity contribution in [3.8, 4) is 6.01 Å². The molecule has 0 atom stereocenters. The highest BCUT2D eigenvalue weighted by Gasteiger charge is 2.06. The molecule has 2 rings (SSSR count). The van der Waals surface area contributed by atoms with Gasteiger partial charge in [-0.3, -0.25) is 5.43 Å². The minimum atomic E-state index is 0.165. The highest BCUT2D eigenvalue weighted by atomic mass is 16.5. The van der Waals surface area contributed by atoms with Crippen molar-refractivity contribution < 1.29 is 9.26 Å². The van der Waals surface area contributed by atoms with Gasteiger partial charge in [0.1, 0.15) is 0 Å². The summed E-state index contributed by atoms with van der Waals surface area (Å²) in [5.41, 5.74) is 2.32. The van der Waals surface area contributed by atoms with E-state index in [1.165, 1.54) is 13.4 Å². The topological polar surface area (TPSA) is 137 Å². The van der Waals surface area contributed by atoms with Gasteiger partial charge in [-0.15, -0.1) is 0 Å². The van der Waals surface area contributed by atoms with Crippen LogP contribution in [0.4, 0.5) is 11.9 Å². The Hall–Kier alpha value is -2.49. The summed E-state index contributed by atoms with van der Waals surface area (Å²) in [6.07, 6.45) is 1.90. The lowest BCUT2D eigenvalue weighted by Gasteiger charge is -2.06. The largest absolute Gasteiger partial charge is 0.467 e. The SMILES string of the molecule is COc1nc(NN)nc(NCCc2ncno2)n1. The number of anilines is 2. The molecule has 0 aliphatic carbocycles. The molecule has 0 fully saturated rings. The normalized spacial score (nSPS) is 10.1. The van der Waals surface area contributed by atoms with Crippen LogP contribution in [-0.2, 0) is 6.42 Å². The van der Waals surface area contributed by atoms with E-state index in [2.05, 4.69) is 35.8 Å². The number of nitrogens with two attached hydrogens (primary N) is 1. The van der Waals surface area contributed by atoms with Crippen LogP contribution in [0.25, 0.3) is 0 Å². The molecule has 2 heterocycles. The van der Waals surface area contributed by atoms with Crippen LogP contribution in [0.15, 0.2) is 10.9 Å². The van der Waals surface area contributed by atoms with Crippen LogP contribution in [0, 0.1) is 0 Å². The lowest BCUT2D eigenvalue weighted by molar-refractivity contribution is 0.378. The van der Waals surface area contributed by atoms with E-state index >= 15 is 0 Å². The monoisotopic (exact) mass is 252 g/mol. The summed E-state index contributed by atoms with van der Waals surface area (Å²) < 4.78 is 9.76. The fourth-order valence-corrected chi connectivity index (χ4v) is 1.18. The Labute approximate surface area is 102 Å². The first-order valence-corrected chi connectivity index (χ1v) is 5.08. The van der Waals surface area contributed by atoms with Gasteiger partial charge in [0.25, 0.3) is 0 Å². The van der Waals surface area contributed by atoms with Crippen molar-refractivity contribution in [2.45, 2.75) is 6.42 Å². The molecule has 10 nitrogen and oxygen atoms in total. The molecule has 0 unspecified atom stereocenters. The van der Waals surface area contributed by atoms with E-state index in [0.29, 0.717) is 24.8 Å². The zero-order chi connectivity index (χ0) is 12.8. The third kappa shape index (κ3) is 3.01. The number of nitrogens with zero attached hydrogens (tertiary/aromatic N) is 5. The number of nitrogen functional groups attached to an aromatic ring is 1. The molecule has 0 amide bonds. The van der Waals surface area contributed by atoms with Crippen LogP contribution in [0.5, 0.6) is 6.01 Å². The van der Waals surface area contributed by atoms with Crippen LogP contribution < -0.4 is 21.3 Å². The van der Waals surface area contributed by atoms with Crippen molar-refractivity contribution in [1.82, 2.24) is 25.1 Å². The highest BCUT2D eigenvalue weighted by Crippen LogP contribution is 2.09. The molecule has 0 saturated heterocycles. The molecule has 10 heteroatoms. The van der Waals surface area contributed by atoms with E-state index in [-0.39, 0.29) is 12.0 Å². The van der Waals surface area contributed by atoms with Gasteiger partial charge < -0.3 is 14.6 Å². The summed E-state index contributed by atoms with van der Waals surface area (Å²) >= 11 is 0. The Morgan fingerprint density at radius 1 is 1.33 bits per heavy atom. The average molecular weight is 252 g/mol. The van der Waals surface area contributed by atoms with E-state index in [1.54, 1.807) is 0 Å². The predicted molar refractivity (Wildman–Crippen MR) is 60.7 cm³/mol. The third-order valence-electron chi connectivity index (χ3n) is 1.96. The zero-order valence-corrected chi connectivity index (χ0v) is 9.62. The summed E-state index contributed by atoms with van der Waals surface area (Å²) in [4.78, 5) is 15.8. The van der Waals surface area contributed by atoms with E-state index in [9.17, 15) is 0 Å². The maximum Gasteiger partial charge on any atom is 0.322 e. The summed E-state index contributed by atoms with van der Waals surface area (Å²) in [5.74, 6) is 6.31. The number of nitrogens with one attached hydrogen (secondary N) is 2. The summed E-state index contributed by atoms with van der Waals surface area (Å²) in [6, 6.07) is 0.165. The van der Waals surface area contributed by atoms with Crippen molar-refractivity contribution in [2.75, 3.05) is 24.4 Å². The summed E-state index contributed by atoms with van der Waals surface area (Å²) in [5, 5.41) is 6.47. The second-order valence-electron chi connectivity index (χ2n) is 3.13. The van der Waals surface area contributed by atoms with Crippen molar-refractivity contribution >= 4 is 11.9 Å². The van der Waals surface area contributed by atoms with Gasteiger partial charge in [0.2, 0.25) is 17.8 Å². The fourth-order valence-electron chi connectivity index (χ4n) is 1.18. The first-order chi connectivity index (χ1) is 8.81. The van der Waals surface area contributed by atoms with Crippen molar-refractivity contribution in [3.63, 3.8) is 0 Å². The van der Waals surface area contributed by atoms with Crippen LogP contribution >= 0.6 is 0 Å². The Kier molecular flexibility index (Phi) is 3.81. The molecule has 0 saturated carbocycles. The standard InChI is InChI=1S/C8H12N8O2/c1-17-8-14-6(13-7(15-8)16-9)10-3-2-5-11-4-12-18-5/h4H,2-3,9H2,1H3,(H2,10,13,14,15,16). The second kappa shape index (κ2) is 5.72. The van der Waals surface area contributed by atoms with Crippen molar-refractivity contribution in [1.29, 1.82) is 0 Å². The summed E-state index contributed by atoms with van der Waals surface area (Å²) in [6.45, 7) is 0.527. The molecule has 2 aromatic rings. The van der Waals surface area contributed by atoms with Crippen LogP contribution in [0.1, 0.15) is 5.89 Å². The van der Waals surface area contributed by atoms with Gasteiger partial charge in [0.05, 0.1) is 7.11 Å². The maximum absolute atomic E-state index is 5.23. The molecule has 0 spiro atoms. The van der Waals surface area contributed by atoms with Crippen molar-refractivity contribution in [2.24, 2.45) is 5.84 Å². The fraction of sp³-hybridized carbons (Fsp3) is 0.375. The lowest BCUT2D eigenvalue weighted by atomic mass is 10.4. The van der Waals surface area contributed by atoms with E-state index in [1.807, 2.05) is 0 Å². The zero-order valence-electron chi connectivity index (χ0n) is 9.62. The Balaban J connectivity index is 1.95. The molecule has 0 radical (unpaired) electrons. The van der Waals surface area contributed by atoms with Gasteiger partial charge in [0, 0.05) is 13.0 Å². The number of methoxy groups -OCH3 is 1. The van der Waals surface area contributed by atoms with Crippen LogP contribution in [-0.4, -0.2) is 38.7 Å². The van der Waals surface area contributed by atoms with E-state index in [4.69, 9.17) is 15.1 Å². The second-order valence-corrected chi connectivity index (χ2v) is 3.13. The quantitative estimate of drug-likeness (QED) is 0.442. The van der Waals surface area contributed by atoms with Gasteiger partial charge in [0.15, 0.2) is 6.33 Å². The number of hydrogen-bond acceptors (Lipinski definition) is 10. The third-order valence-corrected chi connectivity index (χ3v) is 1.96. The van der Waals surface area contributed by atoms with Gasteiger partial charge >= 0.3 is 6.01 Å². The first-order valence-electron chi connectivity index (χ1n) is 5.08.